The Bertz CT molecular complexity index is 446. The number of para-hydroxylation sites is 1. The molecule has 0 aromatic heterocycles. The fraction of sp³-hybridized carbons (Fsp3) is 0.467. The van der Waals surface area contributed by atoms with Gasteiger partial charge in [0.2, 0.25) is 11.8 Å². The maximum absolute atomic E-state index is 12.1. The molecule has 0 spiro atoms. The van der Waals surface area contributed by atoms with Gasteiger partial charge in [-0.15, -0.1) is 0 Å². The van der Waals surface area contributed by atoms with E-state index in [9.17, 15) is 9.59 Å². The maximum atomic E-state index is 12.1. The second-order valence-electron chi connectivity index (χ2n) is 4.96. The number of amides is 2. The molecule has 0 fully saturated rings. The molecule has 0 saturated heterocycles. The number of benzene rings is 1. The van der Waals surface area contributed by atoms with Crippen LogP contribution in [0.1, 0.15) is 20.8 Å². The summed E-state index contributed by atoms with van der Waals surface area (Å²) in [7, 11) is 0. The normalized spacial score (nSPS) is 12.1. The molecule has 0 bridgehead atoms. The Morgan fingerprint density at radius 1 is 1.25 bits per heavy atom. The summed E-state index contributed by atoms with van der Waals surface area (Å²) in [5.41, 5.74) is 6.55. The Labute approximate surface area is 120 Å². The van der Waals surface area contributed by atoms with Gasteiger partial charge in [-0.05, 0) is 25.0 Å². The standard InChI is InChI=1S/C15H23N3O2/c1-4-18(12-8-6-5-7-9-12)13(19)10-17-15(20)14(16)11(2)3/h5-9,11,14H,4,10,16H2,1-3H3,(H,17,20)/t14-/m0/s1. The van der Waals surface area contributed by atoms with Crippen molar-refractivity contribution in [2.24, 2.45) is 11.7 Å². The summed E-state index contributed by atoms with van der Waals surface area (Å²) in [6, 6.07) is 8.78. The van der Waals surface area contributed by atoms with Gasteiger partial charge in [0.1, 0.15) is 0 Å². The number of carbonyl (C=O) groups is 2. The molecular weight excluding hydrogens is 254 g/mol. The monoisotopic (exact) mass is 277 g/mol. The molecular formula is C15H23N3O2. The minimum absolute atomic E-state index is 0.0397. The number of nitrogens with two attached hydrogens (primary N) is 1. The zero-order valence-corrected chi connectivity index (χ0v) is 12.3. The molecule has 1 aromatic carbocycles. The predicted molar refractivity (Wildman–Crippen MR) is 80.3 cm³/mol. The van der Waals surface area contributed by atoms with Crippen molar-refractivity contribution in [1.29, 1.82) is 0 Å². The minimum atomic E-state index is -0.588. The Morgan fingerprint density at radius 3 is 2.35 bits per heavy atom. The molecule has 0 unspecified atom stereocenters. The van der Waals surface area contributed by atoms with Gasteiger partial charge in [-0.3, -0.25) is 9.59 Å². The lowest BCUT2D eigenvalue weighted by Crippen LogP contribution is -2.48. The van der Waals surface area contributed by atoms with Crippen molar-refractivity contribution in [2.45, 2.75) is 26.8 Å². The predicted octanol–water partition coefficient (Wildman–Crippen LogP) is 1.14. The third-order valence-corrected chi connectivity index (χ3v) is 3.12. The molecule has 1 rings (SSSR count). The van der Waals surface area contributed by atoms with E-state index in [1.54, 1.807) is 4.90 Å². The van der Waals surface area contributed by atoms with Crippen LogP contribution in [0.5, 0.6) is 0 Å². The van der Waals surface area contributed by atoms with Gasteiger partial charge < -0.3 is 16.0 Å². The zero-order chi connectivity index (χ0) is 15.1. The average Bonchev–Trinajstić information content (AvgIpc) is 2.45. The summed E-state index contributed by atoms with van der Waals surface area (Å²) in [6.07, 6.45) is 0. The molecule has 1 atom stereocenters. The van der Waals surface area contributed by atoms with E-state index in [4.69, 9.17) is 5.73 Å². The van der Waals surface area contributed by atoms with E-state index < -0.39 is 6.04 Å². The molecule has 0 aliphatic rings. The summed E-state index contributed by atoms with van der Waals surface area (Å²) < 4.78 is 0. The summed E-state index contributed by atoms with van der Waals surface area (Å²) in [6.45, 7) is 6.15. The largest absolute Gasteiger partial charge is 0.346 e. The van der Waals surface area contributed by atoms with E-state index in [-0.39, 0.29) is 24.3 Å². The third kappa shape index (κ3) is 4.35. The first kappa shape index (κ1) is 16.2. The van der Waals surface area contributed by atoms with E-state index in [2.05, 4.69) is 5.32 Å². The van der Waals surface area contributed by atoms with Crippen LogP contribution in [0, 0.1) is 5.92 Å². The molecule has 5 nitrogen and oxygen atoms in total. The van der Waals surface area contributed by atoms with Crippen molar-refractivity contribution >= 4 is 17.5 Å². The Kier molecular flexibility index (Phi) is 6.18. The first-order valence-corrected chi connectivity index (χ1v) is 6.86. The van der Waals surface area contributed by atoms with Crippen LogP contribution < -0.4 is 16.0 Å². The zero-order valence-electron chi connectivity index (χ0n) is 12.3. The van der Waals surface area contributed by atoms with Crippen LogP contribution in [-0.4, -0.2) is 30.9 Å². The van der Waals surface area contributed by atoms with Crippen LogP contribution in [0.2, 0.25) is 0 Å². The quantitative estimate of drug-likeness (QED) is 0.818. The molecule has 1 aromatic rings. The number of anilines is 1. The molecule has 0 radical (unpaired) electrons. The maximum Gasteiger partial charge on any atom is 0.246 e. The van der Waals surface area contributed by atoms with Crippen LogP contribution in [0.4, 0.5) is 5.69 Å². The highest BCUT2D eigenvalue weighted by Crippen LogP contribution is 2.12. The molecule has 0 saturated carbocycles. The number of rotatable bonds is 6. The van der Waals surface area contributed by atoms with Crippen molar-refractivity contribution in [3.8, 4) is 0 Å². The molecule has 110 valence electrons. The van der Waals surface area contributed by atoms with Gasteiger partial charge in [-0.2, -0.15) is 0 Å². The minimum Gasteiger partial charge on any atom is -0.346 e. The summed E-state index contributed by atoms with van der Waals surface area (Å²) >= 11 is 0. The topological polar surface area (TPSA) is 75.4 Å². The smallest absolute Gasteiger partial charge is 0.246 e. The highest BCUT2D eigenvalue weighted by molar-refractivity contribution is 5.97. The molecule has 3 N–H and O–H groups in total. The molecule has 2 amide bonds. The number of hydrogen-bond acceptors (Lipinski definition) is 3. The van der Waals surface area contributed by atoms with Gasteiger partial charge >= 0.3 is 0 Å². The second kappa shape index (κ2) is 7.65. The van der Waals surface area contributed by atoms with Crippen LogP contribution >= 0.6 is 0 Å². The first-order valence-electron chi connectivity index (χ1n) is 6.86. The van der Waals surface area contributed by atoms with Crippen molar-refractivity contribution in [1.82, 2.24) is 5.32 Å². The average molecular weight is 277 g/mol. The Morgan fingerprint density at radius 2 is 1.85 bits per heavy atom. The van der Waals surface area contributed by atoms with E-state index in [0.717, 1.165) is 5.69 Å². The van der Waals surface area contributed by atoms with Gasteiger partial charge in [0.25, 0.3) is 0 Å². The van der Waals surface area contributed by atoms with Crippen LogP contribution in [0.15, 0.2) is 30.3 Å². The molecule has 5 heteroatoms. The van der Waals surface area contributed by atoms with Crippen LogP contribution in [-0.2, 0) is 9.59 Å². The SMILES string of the molecule is CCN(C(=O)CNC(=O)[C@@H](N)C(C)C)c1ccccc1. The van der Waals surface area contributed by atoms with Gasteiger partial charge in [0, 0.05) is 12.2 Å². The van der Waals surface area contributed by atoms with Crippen molar-refractivity contribution in [3.05, 3.63) is 30.3 Å². The molecule has 0 aliphatic heterocycles. The fourth-order valence-corrected chi connectivity index (χ4v) is 1.79. The lowest BCUT2D eigenvalue weighted by atomic mass is 10.1. The van der Waals surface area contributed by atoms with Crippen LogP contribution in [0.25, 0.3) is 0 Å². The third-order valence-electron chi connectivity index (χ3n) is 3.12. The number of nitrogens with zero attached hydrogens (tertiary/aromatic N) is 1. The summed E-state index contributed by atoms with van der Waals surface area (Å²) in [5.74, 6) is -0.401. The number of nitrogens with one attached hydrogen (secondary N) is 1. The van der Waals surface area contributed by atoms with Gasteiger partial charge in [-0.1, -0.05) is 32.0 Å². The van der Waals surface area contributed by atoms with Crippen molar-refractivity contribution in [3.63, 3.8) is 0 Å². The number of carbonyl (C=O) groups excluding carboxylic acids is 2. The van der Waals surface area contributed by atoms with Crippen LogP contribution in [0.3, 0.4) is 0 Å². The molecule has 0 heterocycles. The Hall–Kier alpha value is -1.88. The molecule has 20 heavy (non-hydrogen) atoms. The van der Waals surface area contributed by atoms with E-state index in [1.165, 1.54) is 0 Å². The van der Waals surface area contributed by atoms with E-state index in [1.807, 2.05) is 51.1 Å². The molecule has 0 aliphatic carbocycles. The highest BCUT2D eigenvalue weighted by Gasteiger charge is 2.19. The summed E-state index contributed by atoms with van der Waals surface area (Å²) in [4.78, 5) is 25.5. The lowest BCUT2D eigenvalue weighted by Gasteiger charge is -2.22. The van der Waals surface area contributed by atoms with Crippen molar-refractivity contribution < 1.29 is 9.59 Å². The number of likely N-dealkylation sites (N-methyl/N-ethyl adjacent to an activating group) is 1. The van der Waals surface area contributed by atoms with E-state index in [0.29, 0.717) is 6.54 Å². The van der Waals surface area contributed by atoms with E-state index >= 15 is 0 Å². The van der Waals surface area contributed by atoms with Gasteiger partial charge in [-0.25, -0.2) is 0 Å². The Balaban J connectivity index is 2.59. The lowest BCUT2D eigenvalue weighted by molar-refractivity contribution is -0.126. The first-order chi connectivity index (χ1) is 9.47. The highest BCUT2D eigenvalue weighted by atomic mass is 16.2. The fourth-order valence-electron chi connectivity index (χ4n) is 1.79. The van der Waals surface area contributed by atoms with Gasteiger partial charge in [0.15, 0.2) is 0 Å². The van der Waals surface area contributed by atoms with Crippen molar-refractivity contribution in [2.75, 3.05) is 18.0 Å². The van der Waals surface area contributed by atoms with Gasteiger partial charge in [0.05, 0.1) is 12.6 Å². The second-order valence-corrected chi connectivity index (χ2v) is 4.96. The number of hydrogen-bond donors (Lipinski definition) is 2. The summed E-state index contributed by atoms with van der Waals surface area (Å²) in [5, 5.41) is 2.59.